The summed E-state index contributed by atoms with van der Waals surface area (Å²) in [4.78, 5) is 27.1. The molecule has 2 aromatic carbocycles. The lowest BCUT2D eigenvalue weighted by atomic mass is 10.1. The number of rotatable bonds is 8. The fourth-order valence-corrected chi connectivity index (χ4v) is 3.04. The van der Waals surface area contributed by atoms with Crippen molar-refractivity contribution < 1.29 is 9.53 Å². The summed E-state index contributed by atoms with van der Waals surface area (Å²) >= 11 is 0. The van der Waals surface area contributed by atoms with Gasteiger partial charge >= 0.3 is 0 Å². The second-order valence-electron chi connectivity index (χ2n) is 6.52. The van der Waals surface area contributed by atoms with Crippen LogP contribution >= 0.6 is 0 Å². The van der Waals surface area contributed by atoms with E-state index < -0.39 is 0 Å². The van der Waals surface area contributed by atoms with Gasteiger partial charge in [0.1, 0.15) is 5.75 Å². The molecule has 0 saturated heterocycles. The number of aromatic nitrogens is 1. The van der Waals surface area contributed by atoms with Crippen LogP contribution in [0.3, 0.4) is 0 Å². The monoisotopic (exact) mass is 364 g/mol. The van der Waals surface area contributed by atoms with E-state index in [1.807, 2.05) is 36.4 Å². The van der Waals surface area contributed by atoms with Gasteiger partial charge in [0.15, 0.2) is 0 Å². The number of H-pyrrole nitrogens is 1. The highest BCUT2D eigenvalue weighted by Crippen LogP contribution is 2.18. The maximum absolute atomic E-state index is 12.2. The Morgan fingerprint density at radius 2 is 1.89 bits per heavy atom. The minimum atomic E-state index is -0.160. The number of nitrogens with one attached hydrogen (secondary N) is 2. The number of pyridine rings is 1. The molecule has 0 spiro atoms. The minimum Gasteiger partial charge on any atom is -0.497 e. The number of aryl methyl sites for hydroxylation is 2. The zero-order valence-corrected chi connectivity index (χ0v) is 15.5. The maximum Gasteiger partial charge on any atom is 0.251 e. The molecular formula is C22H24N2O3. The first-order valence-corrected chi connectivity index (χ1v) is 9.16. The van der Waals surface area contributed by atoms with E-state index in [-0.39, 0.29) is 11.5 Å². The largest absolute Gasteiger partial charge is 0.497 e. The van der Waals surface area contributed by atoms with Crippen LogP contribution in [0.15, 0.2) is 59.4 Å². The second kappa shape index (κ2) is 9.03. The van der Waals surface area contributed by atoms with Crippen LogP contribution in [0.4, 0.5) is 0 Å². The van der Waals surface area contributed by atoms with Crippen LogP contribution in [0.1, 0.15) is 24.0 Å². The number of methoxy groups -OCH3 is 1. The Bertz CT molecular complexity index is 964. The predicted molar refractivity (Wildman–Crippen MR) is 107 cm³/mol. The standard InChI is InChI=1S/C22H24N2O3/c1-27-19-11-9-17-14-18(22(26)24-20(17)15-19)10-12-21(25)23-13-5-8-16-6-3-2-4-7-16/h2-4,6-7,9,11,14-15H,5,8,10,12-13H2,1H3,(H,23,25)(H,24,26). The van der Waals surface area contributed by atoms with Crippen LogP contribution in [0.2, 0.25) is 0 Å². The highest BCUT2D eigenvalue weighted by Gasteiger charge is 2.07. The molecule has 5 heteroatoms. The van der Waals surface area contributed by atoms with Gasteiger partial charge in [-0.3, -0.25) is 9.59 Å². The van der Waals surface area contributed by atoms with E-state index in [1.165, 1.54) is 5.56 Å². The molecule has 5 nitrogen and oxygen atoms in total. The number of amides is 1. The zero-order valence-electron chi connectivity index (χ0n) is 15.5. The van der Waals surface area contributed by atoms with Gasteiger partial charge in [0.25, 0.3) is 5.56 Å². The third-order valence-electron chi connectivity index (χ3n) is 4.56. The maximum atomic E-state index is 12.2. The molecule has 1 heterocycles. The average Bonchev–Trinajstić information content (AvgIpc) is 2.70. The van der Waals surface area contributed by atoms with Crippen molar-refractivity contribution in [3.05, 3.63) is 76.1 Å². The van der Waals surface area contributed by atoms with Crippen LogP contribution < -0.4 is 15.6 Å². The molecule has 1 amide bonds. The Morgan fingerprint density at radius 1 is 1.07 bits per heavy atom. The molecule has 3 aromatic rings. The number of benzene rings is 2. The van der Waals surface area contributed by atoms with E-state index in [0.29, 0.717) is 30.7 Å². The molecule has 0 saturated carbocycles. The van der Waals surface area contributed by atoms with Crippen molar-refractivity contribution in [3.63, 3.8) is 0 Å². The van der Waals surface area contributed by atoms with E-state index in [0.717, 1.165) is 23.7 Å². The van der Waals surface area contributed by atoms with E-state index in [4.69, 9.17) is 4.74 Å². The zero-order chi connectivity index (χ0) is 19.1. The minimum absolute atomic E-state index is 0.0303. The molecule has 2 N–H and O–H groups in total. The summed E-state index contributed by atoms with van der Waals surface area (Å²) in [5.41, 5.74) is 2.46. The third kappa shape index (κ3) is 5.20. The molecule has 1 aromatic heterocycles. The number of hydrogen-bond donors (Lipinski definition) is 2. The number of fused-ring (bicyclic) bond motifs is 1. The van der Waals surface area contributed by atoms with E-state index in [1.54, 1.807) is 13.2 Å². The fraction of sp³-hybridized carbons (Fsp3) is 0.273. The predicted octanol–water partition coefficient (Wildman–Crippen LogP) is 3.22. The molecule has 0 aliphatic rings. The normalized spacial score (nSPS) is 10.7. The average molecular weight is 364 g/mol. The van der Waals surface area contributed by atoms with Gasteiger partial charge in [0.2, 0.25) is 5.91 Å². The van der Waals surface area contributed by atoms with Crippen molar-refractivity contribution in [1.29, 1.82) is 0 Å². The van der Waals surface area contributed by atoms with Gasteiger partial charge in [-0.05, 0) is 48.4 Å². The van der Waals surface area contributed by atoms with Gasteiger partial charge in [-0.15, -0.1) is 0 Å². The summed E-state index contributed by atoms with van der Waals surface area (Å²) < 4.78 is 5.17. The third-order valence-corrected chi connectivity index (χ3v) is 4.56. The molecule has 0 aliphatic carbocycles. The Kier molecular flexibility index (Phi) is 6.26. The van der Waals surface area contributed by atoms with Gasteiger partial charge in [0, 0.05) is 24.6 Å². The number of ether oxygens (including phenoxy) is 1. The van der Waals surface area contributed by atoms with E-state index in [2.05, 4.69) is 22.4 Å². The summed E-state index contributed by atoms with van der Waals surface area (Å²) in [7, 11) is 1.59. The van der Waals surface area contributed by atoms with Crippen molar-refractivity contribution >= 4 is 16.8 Å². The topological polar surface area (TPSA) is 71.2 Å². The van der Waals surface area contributed by atoms with Crippen LogP contribution in [0, 0.1) is 0 Å². The van der Waals surface area contributed by atoms with Gasteiger partial charge in [-0.25, -0.2) is 0 Å². The molecule has 0 fully saturated rings. The number of aromatic amines is 1. The Hall–Kier alpha value is -3.08. The molecule has 0 unspecified atom stereocenters. The smallest absolute Gasteiger partial charge is 0.251 e. The quantitative estimate of drug-likeness (QED) is 0.603. The van der Waals surface area contributed by atoms with Gasteiger partial charge in [0.05, 0.1) is 12.6 Å². The van der Waals surface area contributed by atoms with Gasteiger partial charge in [-0.2, -0.15) is 0 Å². The fourth-order valence-electron chi connectivity index (χ4n) is 3.04. The number of carbonyl (C=O) groups excluding carboxylic acids is 1. The van der Waals surface area contributed by atoms with Crippen molar-refractivity contribution in [3.8, 4) is 5.75 Å². The van der Waals surface area contributed by atoms with Crippen molar-refractivity contribution in [2.45, 2.75) is 25.7 Å². The summed E-state index contributed by atoms with van der Waals surface area (Å²) in [5.74, 6) is 0.665. The molecule has 27 heavy (non-hydrogen) atoms. The lowest BCUT2D eigenvalue weighted by Crippen LogP contribution is -2.26. The Morgan fingerprint density at radius 3 is 2.67 bits per heavy atom. The van der Waals surface area contributed by atoms with E-state index >= 15 is 0 Å². The SMILES string of the molecule is COc1ccc2cc(CCC(=O)NCCCc3ccccc3)c(=O)[nH]c2c1. The molecule has 0 bridgehead atoms. The van der Waals surface area contributed by atoms with Crippen molar-refractivity contribution in [2.75, 3.05) is 13.7 Å². The summed E-state index contributed by atoms with van der Waals surface area (Å²) in [6.07, 6.45) is 2.56. The molecule has 140 valence electrons. The second-order valence-corrected chi connectivity index (χ2v) is 6.52. The molecule has 0 atom stereocenters. The van der Waals surface area contributed by atoms with Gasteiger partial charge < -0.3 is 15.0 Å². The summed E-state index contributed by atoms with van der Waals surface area (Å²) in [5, 5.41) is 3.85. The highest BCUT2D eigenvalue weighted by molar-refractivity contribution is 5.81. The summed E-state index contributed by atoms with van der Waals surface area (Å²) in [6.45, 7) is 0.640. The van der Waals surface area contributed by atoms with Crippen molar-refractivity contribution in [1.82, 2.24) is 10.3 Å². The van der Waals surface area contributed by atoms with E-state index in [9.17, 15) is 9.59 Å². The van der Waals surface area contributed by atoms with Crippen LogP contribution in [0.5, 0.6) is 5.75 Å². The Balaban J connectivity index is 1.49. The van der Waals surface area contributed by atoms with Crippen molar-refractivity contribution in [2.24, 2.45) is 0 Å². The highest BCUT2D eigenvalue weighted by atomic mass is 16.5. The lowest BCUT2D eigenvalue weighted by molar-refractivity contribution is -0.121. The molecule has 3 rings (SSSR count). The summed E-state index contributed by atoms with van der Waals surface area (Å²) in [6, 6.07) is 17.6. The van der Waals surface area contributed by atoms with Gasteiger partial charge in [-0.1, -0.05) is 30.3 Å². The lowest BCUT2D eigenvalue weighted by Gasteiger charge is -2.07. The van der Waals surface area contributed by atoms with Crippen LogP contribution in [0.25, 0.3) is 10.9 Å². The first kappa shape index (κ1) is 18.7. The molecule has 0 radical (unpaired) electrons. The molecular weight excluding hydrogens is 340 g/mol. The first-order chi connectivity index (χ1) is 13.2. The van der Waals surface area contributed by atoms with Crippen LogP contribution in [-0.2, 0) is 17.6 Å². The first-order valence-electron chi connectivity index (χ1n) is 9.16. The van der Waals surface area contributed by atoms with Crippen LogP contribution in [-0.4, -0.2) is 24.5 Å². The number of hydrogen-bond acceptors (Lipinski definition) is 3. The number of carbonyl (C=O) groups is 1. The Labute approximate surface area is 158 Å². The molecule has 0 aliphatic heterocycles.